The summed E-state index contributed by atoms with van der Waals surface area (Å²) in [4.78, 5) is 16.1. The van der Waals surface area contributed by atoms with Crippen LogP contribution in [0.3, 0.4) is 0 Å². The first-order valence-electron chi connectivity index (χ1n) is 7.79. The van der Waals surface area contributed by atoms with Gasteiger partial charge in [-0.25, -0.2) is 4.39 Å². The van der Waals surface area contributed by atoms with E-state index in [9.17, 15) is 22.4 Å². The van der Waals surface area contributed by atoms with Gasteiger partial charge in [0.05, 0.1) is 34.4 Å². The molecule has 0 spiro atoms. The molecule has 0 fully saturated rings. The van der Waals surface area contributed by atoms with E-state index in [1.54, 1.807) is 6.07 Å². The Morgan fingerprint density at radius 1 is 0.926 bits per heavy atom. The van der Waals surface area contributed by atoms with Crippen molar-refractivity contribution in [2.75, 3.05) is 10.6 Å². The van der Waals surface area contributed by atoms with Crippen molar-refractivity contribution >= 4 is 23.0 Å². The average Bonchev–Trinajstić information content (AvgIpc) is 2.63. The molecule has 0 radical (unpaired) electrons. The van der Waals surface area contributed by atoms with Gasteiger partial charge in [-0.05, 0) is 30.3 Å². The van der Waals surface area contributed by atoms with Crippen LogP contribution in [-0.2, 0) is 6.18 Å². The molecule has 2 N–H and O–H groups in total. The molecule has 0 unspecified atom stereocenters. The number of rotatable bonds is 4. The molecule has 0 bridgehead atoms. The molecule has 27 heavy (non-hydrogen) atoms. The van der Waals surface area contributed by atoms with Crippen molar-refractivity contribution < 1.29 is 22.4 Å². The van der Waals surface area contributed by atoms with Gasteiger partial charge in [0.15, 0.2) is 0 Å². The number of anilines is 3. The van der Waals surface area contributed by atoms with Crippen molar-refractivity contribution in [3.05, 3.63) is 83.9 Å². The maximum Gasteiger partial charge on any atom is 0.418 e. The number of hydrogen-bond acceptors (Lipinski definition) is 3. The lowest BCUT2D eigenvalue weighted by molar-refractivity contribution is -0.136. The quantitative estimate of drug-likeness (QED) is 0.614. The molecule has 1 aromatic heterocycles. The summed E-state index contributed by atoms with van der Waals surface area (Å²) in [5, 5.41) is 5.00. The molecule has 4 nitrogen and oxygen atoms in total. The third kappa shape index (κ3) is 4.41. The van der Waals surface area contributed by atoms with Crippen molar-refractivity contribution in [1.82, 2.24) is 4.98 Å². The van der Waals surface area contributed by atoms with Crippen LogP contribution in [0.5, 0.6) is 0 Å². The molecule has 1 heterocycles. The Morgan fingerprint density at radius 2 is 1.59 bits per heavy atom. The summed E-state index contributed by atoms with van der Waals surface area (Å²) in [6.07, 6.45) is -2.01. The maximum absolute atomic E-state index is 13.6. The van der Waals surface area contributed by atoms with Crippen molar-refractivity contribution in [2.45, 2.75) is 6.18 Å². The molecule has 0 aliphatic carbocycles. The number of alkyl halides is 3. The van der Waals surface area contributed by atoms with Gasteiger partial charge in [-0.1, -0.05) is 24.3 Å². The number of amides is 1. The zero-order valence-electron chi connectivity index (χ0n) is 13.7. The Kier molecular flexibility index (Phi) is 5.07. The standard InChI is InChI=1S/C19H13F4N3O/c20-15-6-2-4-8-17(15)26-18(27)12-9-13(11-24-10-12)25-16-7-3-1-5-14(16)19(21,22)23/h1-11,25H,(H,26,27). The highest BCUT2D eigenvalue weighted by Gasteiger charge is 2.33. The highest BCUT2D eigenvalue weighted by Crippen LogP contribution is 2.35. The third-order valence-corrected chi connectivity index (χ3v) is 3.63. The number of carbonyl (C=O) groups is 1. The Balaban J connectivity index is 1.83. The van der Waals surface area contributed by atoms with Crippen LogP contribution in [0.2, 0.25) is 0 Å². The summed E-state index contributed by atoms with van der Waals surface area (Å²) < 4.78 is 52.9. The summed E-state index contributed by atoms with van der Waals surface area (Å²) >= 11 is 0. The molecular weight excluding hydrogens is 362 g/mol. The van der Waals surface area contributed by atoms with Gasteiger partial charge in [0, 0.05) is 6.20 Å². The number of hydrogen-bond donors (Lipinski definition) is 2. The second-order valence-corrected chi connectivity index (χ2v) is 5.56. The van der Waals surface area contributed by atoms with Gasteiger partial charge >= 0.3 is 6.18 Å². The number of pyridine rings is 1. The molecule has 1 amide bonds. The summed E-state index contributed by atoms with van der Waals surface area (Å²) in [6.45, 7) is 0. The Morgan fingerprint density at radius 3 is 2.30 bits per heavy atom. The summed E-state index contributed by atoms with van der Waals surface area (Å²) in [6, 6.07) is 11.9. The molecule has 0 aliphatic rings. The fourth-order valence-electron chi connectivity index (χ4n) is 2.38. The Hall–Kier alpha value is -3.42. The van der Waals surface area contributed by atoms with E-state index >= 15 is 0 Å². The van der Waals surface area contributed by atoms with Crippen LogP contribution in [0.25, 0.3) is 0 Å². The van der Waals surface area contributed by atoms with E-state index in [-0.39, 0.29) is 22.6 Å². The molecule has 2 aromatic carbocycles. The predicted octanol–water partition coefficient (Wildman–Crippen LogP) is 5.24. The molecular formula is C19H13F4N3O. The first-order valence-corrected chi connectivity index (χ1v) is 7.79. The van der Waals surface area contributed by atoms with Gasteiger partial charge in [-0.3, -0.25) is 9.78 Å². The smallest absolute Gasteiger partial charge is 0.354 e. The fourth-order valence-corrected chi connectivity index (χ4v) is 2.38. The van der Waals surface area contributed by atoms with Crippen LogP contribution in [0.15, 0.2) is 67.0 Å². The van der Waals surface area contributed by atoms with Crippen LogP contribution in [-0.4, -0.2) is 10.9 Å². The van der Waals surface area contributed by atoms with Crippen LogP contribution in [0.4, 0.5) is 34.6 Å². The summed E-state index contributed by atoms with van der Waals surface area (Å²) in [5.41, 5.74) is -0.770. The highest BCUT2D eigenvalue weighted by molar-refractivity contribution is 6.04. The topological polar surface area (TPSA) is 54.0 Å². The summed E-state index contributed by atoms with van der Waals surface area (Å²) in [7, 11) is 0. The van der Waals surface area contributed by atoms with Gasteiger partial charge in [0.1, 0.15) is 5.82 Å². The molecule has 3 rings (SSSR count). The molecule has 0 aliphatic heterocycles. The van der Waals surface area contributed by atoms with E-state index in [0.29, 0.717) is 0 Å². The number of nitrogens with one attached hydrogen (secondary N) is 2. The predicted molar refractivity (Wildman–Crippen MR) is 93.3 cm³/mol. The number of para-hydroxylation sites is 2. The lowest BCUT2D eigenvalue weighted by atomic mass is 10.1. The number of nitrogens with zero attached hydrogens (tertiary/aromatic N) is 1. The maximum atomic E-state index is 13.6. The Labute approximate surface area is 151 Å². The zero-order valence-corrected chi connectivity index (χ0v) is 13.7. The molecule has 0 saturated carbocycles. The number of aromatic nitrogens is 1. The number of benzene rings is 2. The van der Waals surface area contributed by atoms with E-state index in [1.165, 1.54) is 54.9 Å². The highest BCUT2D eigenvalue weighted by atomic mass is 19.4. The van der Waals surface area contributed by atoms with Crippen molar-refractivity contribution in [2.24, 2.45) is 0 Å². The normalized spacial score (nSPS) is 11.1. The first-order chi connectivity index (χ1) is 12.8. The van der Waals surface area contributed by atoms with E-state index in [0.717, 1.165) is 6.07 Å². The molecule has 3 aromatic rings. The van der Waals surface area contributed by atoms with Crippen molar-refractivity contribution in [3.8, 4) is 0 Å². The second-order valence-electron chi connectivity index (χ2n) is 5.56. The molecule has 8 heteroatoms. The number of halogens is 4. The minimum Gasteiger partial charge on any atom is -0.354 e. The molecule has 0 atom stereocenters. The van der Waals surface area contributed by atoms with E-state index in [1.807, 2.05) is 0 Å². The second kappa shape index (κ2) is 7.45. The van der Waals surface area contributed by atoms with Gasteiger partial charge < -0.3 is 10.6 Å². The van der Waals surface area contributed by atoms with Gasteiger partial charge in [-0.2, -0.15) is 13.2 Å². The lowest BCUT2D eigenvalue weighted by Gasteiger charge is -2.14. The SMILES string of the molecule is O=C(Nc1ccccc1F)c1cncc(Nc2ccccc2C(F)(F)F)c1. The molecule has 138 valence electrons. The van der Waals surface area contributed by atoms with Gasteiger partial charge in [0.2, 0.25) is 0 Å². The van der Waals surface area contributed by atoms with Crippen molar-refractivity contribution in [3.63, 3.8) is 0 Å². The van der Waals surface area contributed by atoms with Gasteiger partial charge in [0.25, 0.3) is 5.91 Å². The monoisotopic (exact) mass is 375 g/mol. The van der Waals surface area contributed by atoms with Crippen LogP contribution in [0.1, 0.15) is 15.9 Å². The van der Waals surface area contributed by atoms with Crippen LogP contribution >= 0.6 is 0 Å². The summed E-state index contributed by atoms with van der Waals surface area (Å²) in [5.74, 6) is -1.24. The van der Waals surface area contributed by atoms with Crippen LogP contribution < -0.4 is 10.6 Å². The zero-order chi connectivity index (χ0) is 19.4. The largest absolute Gasteiger partial charge is 0.418 e. The van der Waals surface area contributed by atoms with Crippen molar-refractivity contribution in [1.29, 1.82) is 0 Å². The average molecular weight is 375 g/mol. The van der Waals surface area contributed by atoms with E-state index in [2.05, 4.69) is 15.6 Å². The fraction of sp³-hybridized carbons (Fsp3) is 0.0526. The van der Waals surface area contributed by atoms with E-state index in [4.69, 9.17) is 0 Å². The minimum absolute atomic E-state index is 0.0109. The minimum atomic E-state index is -4.53. The van der Waals surface area contributed by atoms with Gasteiger partial charge in [-0.15, -0.1) is 0 Å². The lowest BCUT2D eigenvalue weighted by Crippen LogP contribution is -2.14. The molecule has 0 saturated heterocycles. The first kappa shape index (κ1) is 18.4. The Bertz CT molecular complexity index is 973. The van der Waals surface area contributed by atoms with Crippen LogP contribution in [0, 0.1) is 5.82 Å². The number of carbonyl (C=O) groups excluding carboxylic acids is 1. The van der Waals surface area contributed by atoms with E-state index < -0.39 is 23.5 Å². The third-order valence-electron chi connectivity index (χ3n) is 3.63.